The zero-order valence-electron chi connectivity index (χ0n) is 15.5. The molecule has 1 saturated heterocycles. The fourth-order valence-electron chi connectivity index (χ4n) is 3.99. The minimum atomic E-state index is 0.0365. The Balaban J connectivity index is 1.45. The standard InChI is InChI=1S/C20H27N5O/c1-2-18-22-11-17(12-23-18)20(26)25-9-4-7-16(14-25)19-21-8-10-24(19)13-15-5-3-6-15/h8,10-12,15-16H,2-7,9,13-14H2,1H3/t16-/m0/s1. The minimum absolute atomic E-state index is 0.0365. The Labute approximate surface area is 154 Å². The number of hydrogen-bond acceptors (Lipinski definition) is 4. The maximum absolute atomic E-state index is 12.9. The van der Waals surface area contributed by atoms with E-state index in [1.807, 2.05) is 18.0 Å². The highest BCUT2D eigenvalue weighted by atomic mass is 16.2. The SMILES string of the molecule is CCc1ncc(C(=O)N2CCC[C@H](c3nccn3CC3CCC3)C2)cn1. The summed E-state index contributed by atoms with van der Waals surface area (Å²) in [4.78, 5) is 28.0. The third kappa shape index (κ3) is 3.50. The number of carbonyl (C=O) groups is 1. The van der Waals surface area contributed by atoms with E-state index in [0.29, 0.717) is 11.5 Å². The molecule has 0 spiro atoms. The molecule has 6 nitrogen and oxygen atoms in total. The van der Waals surface area contributed by atoms with Gasteiger partial charge in [-0.3, -0.25) is 4.79 Å². The van der Waals surface area contributed by atoms with Gasteiger partial charge in [0.15, 0.2) is 0 Å². The van der Waals surface area contributed by atoms with Crippen molar-refractivity contribution in [2.24, 2.45) is 5.92 Å². The number of rotatable bonds is 5. The lowest BCUT2D eigenvalue weighted by molar-refractivity contribution is 0.0701. The van der Waals surface area contributed by atoms with E-state index in [1.54, 1.807) is 12.4 Å². The summed E-state index contributed by atoms with van der Waals surface area (Å²) in [5.41, 5.74) is 0.584. The van der Waals surface area contributed by atoms with Gasteiger partial charge in [-0.2, -0.15) is 0 Å². The zero-order chi connectivity index (χ0) is 17.9. The van der Waals surface area contributed by atoms with Gasteiger partial charge < -0.3 is 9.47 Å². The molecule has 3 heterocycles. The number of piperidine rings is 1. The average molecular weight is 353 g/mol. The third-order valence-corrected chi connectivity index (χ3v) is 5.77. The molecule has 2 aliphatic rings. The van der Waals surface area contributed by atoms with Gasteiger partial charge in [0.05, 0.1) is 5.56 Å². The summed E-state index contributed by atoms with van der Waals surface area (Å²) in [6, 6.07) is 0. The first-order valence-corrected chi connectivity index (χ1v) is 9.85. The van der Waals surface area contributed by atoms with Crippen molar-refractivity contribution in [3.63, 3.8) is 0 Å². The van der Waals surface area contributed by atoms with Crippen LogP contribution >= 0.6 is 0 Å². The Morgan fingerprint density at radius 3 is 2.65 bits per heavy atom. The summed E-state index contributed by atoms with van der Waals surface area (Å²) in [6.45, 7) is 4.62. The van der Waals surface area contributed by atoms with Crippen LogP contribution in [0.15, 0.2) is 24.8 Å². The molecule has 4 rings (SSSR count). The van der Waals surface area contributed by atoms with Gasteiger partial charge in [0.2, 0.25) is 0 Å². The Kier molecular flexibility index (Phi) is 5.00. The summed E-state index contributed by atoms with van der Waals surface area (Å²) in [5.74, 6) is 3.08. The number of aryl methyl sites for hydroxylation is 1. The van der Waals surface area contributed by atoms with E-state index in [0.717, 1.165) is 56.5 Å². The molecular formula is C20H27N5O. The van der Waals surface area contributed by atoms with E-state index in [2.05, 4.69) is 25.7 Å². The molecule has 1 aliphatic heterocycles. The van der Waals surface area contributed by atoms with Crippen LogP contribution in [0.1, 0.15) is 67.0 Å². The second kappa shape index (κ2) is 7.56. The van der Waals surface area contributed by atoms with Crippen molar-refractivity contribution in [2.75, 3.05) is 13.1 Å². The lowest BCUT2D eigenvalue weighted by Gasteiger charge is -2.33. The second-order valence-corrected chi connectivity index (χ2v) is 7.57. The number of hydrogen-bond donors (Lipinski definition) is 0. The van der Waals surface area contributed by atoms with Gasteiger partial charge in [0.25, 0.3) is 5.91 Å². The smallest absolute Gasteiger partial charge is 0.257 e. The summed E-state index contributed by atoms with van der Waals surface area (Å²) in [5, 5.41) is 0. The normalized spacial score (nSPS) is 20.8. The fraction of sp³-hybridized carbons (Fsp3) is 0.600. The quantitative estimate of drug-likeness (QED) is 0.829. The van der Waals surface area contributed by atoms with E-state index in [-0.39, 0.29) is 5.91 Å². The van der Waals surface area contributed by atoms with E-state index < -0.39 is 0 Å². The number of imidazole rings is 1. The predicted octanol–water partition coefficient (Wildman–Crippen LogP) is 3.06. The number of amides is 1. The third-order valence-electron chi connectivity index (χ3n) is 5.77. The van der Waals surface area contributed by atoms with Gasteiger partial charge in [0, 0.05) is 56.8 Å². The molecule has 2 fully saturated rings. The van der Waals surface area contributed by atoms with Crippen LogP contribution in [0.5, 0.6) is 0 Å². The molecule has 6 heteroatoms. The van der Waals surface area contributed by atoms with Crippen LogP contribution in [-0.2, 0) is 13.0 Å². The van der Waals surface area contributed by atoms with Crippen molar-refractivity contribution in [1.82, 2.24) is 24.4 Å². The lowest BCUT2D eigenvalue weighted by Crippen LogP contribution is -2.40. The largest absolute Gasteiger partial charge is 0.338 e. The fourth-order valence-corrected chi connectivity index (χ4v) is 3.99. The first-order chi connectivity index (χ1) is 12.7. The molecule has 2 aromatic rings. The summed E-state index contributed by atoms with van der Waals surface area (Å²) >= 11 is 0. The minimum Gasteiger partial charge on any atom is -0.338 e. The molecule has 0 bridgehead atoms. The van der Waals surface area contributed by atoms with Crippen LogP contribution in [-0.4, -0.2) is 43.4 Å². The Bertz CT molecular complexity index is 750. The molecule has 138 valence electrons. The van der Waals surface area contributed by atoms with Crippen LogP contribution in [0.2, 0.25) is 0 Å². The van der Waals surface area contributed by atoms with Gasteiger partial charge in [-0.05, 0) is 31.6 Å². The van der Waals surface area contributed by atoms with Crippen molar-refractivity contribution < 1.29 is 4.79 Å². The van der Waals surface area contributed by atoms with Crippen LogP contribution < -0.4 is 0 Å². The van der Waals surface area contributed by atoms with Crippen molar-refractivity contribution in [3.8, 4) is 0 Å². The first kappa shape index (κ1) is 17.2. The Hall–Kier alpha value is -2.24. The van der Waals surface area contributed by atoms with Crippen molar-refractivity contribution in [2.45, 2.75) is 57.9 Å². The molecule has 26 heavy (non-hydrogen) atoms. The number of carbonyl (C=O) groups excluding carboxylic acids is 1. The average Bonchev–Trinajstić information content (AvgIpc) is 3.13. The molecule has 0 aromatic carbocycles. The van der Waals surface area contributed by atoms with E-state index in [9.17, 15) is 4.79 Å². The van der Waals surface area contributed by atoms with Crippen LogP contribution in [0.3, 0.4) is 0 Å². The summed E-state index contributed by atoms with van der Waals surface area (Å²) in [7, 11) is 0. The van der Waals surface area contributed by atoms with Crippen LogP contribution in [0.4, 0.5) is 0 Å². The zero-order valence-corrected chi connectivity index (χ0v) is 15.5. The topological polar surface area (TPSA) is 63.9 Å². The molecule has 1 atom stereocenters. The predicted molar refractivity (Wildman–Crippen MR) is 98.9 cm³/mol. The monoisotopic (exact) mass is 353 g/mol. The maximum atomic E-state index is 12.9. The number of aromatic nitrogens is 4. The molecular weight excluding hydrogens is 326 g/mol. The van der Waals surface area contributed by atoms with E-state index in [1.165, 1.54) is 19.3 Å². The van der Waals surface area contributed by atoms with Crippen LogP contribution in [0.25, 0.3) is 0 Å². The van der Waals surface area contributed by atoms with Crippen molar-refractivity contribution >= 4 is 5.91 Å². The van der Waals surface area contributed by atoms with E-state index >= 15 is 0 Å². The summed E-state index contributed by atoms with van der Waals surface area (Å²) < 4.78 is 2.32. The van der Waals surface area contributed by atoms with Crippen molar-refractivity contribution in [1.29, 1.82) is 0 Å². The molecule has 1 amide bonds. The van der Waals surface area contributed by atoms with Gasteiger partial charge >= 0.3 is 0 Å². The highest BCUT2D eigenvalue weighted by Gasteiger charge is 2.29. The van der Waals surface area contributed by atoms with Gasteiger partial charge in [0.1, 0.15) is 11.6 Å². The second-order valence-electron chi connectivity index (χ2n) is 7.57. The number of nitrogens with zero attached hydrogens (tertiary/aromatic N) is 5. The van der Waals surface area contributed by atoms with E-state index in [4.69, 9.17) is 0 Å². The number of likely N-dealkylation sites (tertiary alicyclic amines) is 1. The van der Waals surface area contributed by atoms with Crippen molar-refractivity contribution in [3.05, 3.63) is 42.0 Å². The van der Waals surface area contributed by atoms with Gasteiger partial charge in [-0.25, -0.2) is 15.0 Å². The molecule has 0 N–H and O–H groups in total. The van der Waals surface area contributed by atoms with Crippen LogP contribution in [0, 0.1) is 5.92 Å². The summed E-state index contributed by atoms with van der Waals surface area (Å²) in [6.07, 6.45) is 14.3. The van der Waals surface area contributed by atoms with Gasteiger partial charge in [-0.1, -0.05) is 13.3 Å². The highest BCUT2D eigenvalue weighted by Crippen LogP contribution is 2.31. The molecule has 0 unspecified atom stereocenters. The Morgan fingerprint density at radius 2 is 1.96 bits per heavy atom. The maximum Gasteiger partial charge on any atom is 0.257 e. The first-order valence-electron chi connectivity index (χ1n) is 9.85. The highest BCUT2D eigenvalue weighted by molar-refractivity contribution is 5.93. The molecule has 1 aliphatic carbocycles. The molecule has 0 radical (unpaired) electrons. The lowest BCUT2D eigenvalue weighted by atomic mass is 9.85. The Morgan fingerprint density at radius 1 is 1.15 bits per heavy atom. The molecule has 1 saturated carbocycles. The molecule has 2 aromatic heterocycles. The van der Waals surface area contributed by atoms with Gasteiger partial charge in [-0.15, -0.1) is 0 Å².